The summed E-state index contributed by atoms with van der Waals surface area (Å²) < 4.78 is 1.03. The van der Waals surface area contributed by atoms with Crippen molar-refractivity contribution in [1.82, 2.24) is 10.3 Å². The first kappa shape index (κ1) is 10.6. The van der Waals surface area contributed by atoms with Crippen LogP contribution in [0.3, 0.4) is 0 Å². The Kier molecular flexibility index (Phi) is 4.16. The van der Waals surface area contributed by atoms with E-state index in [-0.39, 0.29) is 17.0 Å². The summed E-state index contributed by atoms with van der Waals surface area (Å²) in [6.45, 7) is 2.17. The Labute approximate surface area is 94.7 Å². The highest BCUT2D eigenvalue weighted by atomic mass is 79.9. The first-order valence-electron chi connectivity index (χ1n) is 3.71. The van der Waals surface area contributed by atoms with E-state index in [1.54, 1.807) is 11.3 Å². The lowest BCUT2D eigenvalue weighted by atomic mass is 10.2. The van der Waals surface area contributed by atoms with Crippen molar-refractivity contribution in [3.63, 3.8) is 0 Å². The van der Waals surface area contributed by atoms with Crippen molar-refractivity contribution in [1.29, 1.82) is 0 Å². The predicted molar refractivity (Wildman–Crippen MR) is 60.4 cm³/mol. The molecule has 1 aromatic rings. The number of aromatic nitrogens is 1. The monoisotopic (exact) mass is 312 g/mol. The van der Waals surface area contributed by atoms with E-state index in [1.807, 2.05) is 0 Å². The Bertz CT molecular complexity index is 238. The highest BCUT2D eigenvalue weighted by molar-refractivity contribution is 9.11. The molecule has 1 N–H and O–H groups in total. The molecule has 0 aromatic carbocycles. The zero-order valence-electron chi connectivity index (χ0n) is 6.47. The second-order valence-electron chi connectivity index (χ2n) is 2.59. The third-order valence-corrected chi connectivity index (χ3v) is 3.43. The molecule has 0 amide bonds. The van der Waals surface area contributed by atoms with Crippen LogP contribution in [0, 0.1) is 0 Å². The lowest BCUT2D eigenvalue weighted by Gasteiger charge is -1.93. The Morgan fingerprint density at radius 1 is 1.33 bits per heavy atom. The van der Waals surface area contributed by atoms with Crippen LogP contribution in [0.4, 0.5) is 0 Å². The van der Waals surface area contributed by atoms with Crippen LogP contribution in [-0.2, 0) is 12.8 Å². The molecule has 0 bridgehead atoms. The minimum absolute atomic E-state index is 0. The molecule has 0 atom stereocenters. The summed E-state index contributed by atoms with van der Waals surface area (Å²) in [6.07, 6.45) is 2.22. The number of hydrogen-bond donors (Lipinski definition) is 1. The van der Waals surface area contributed by atoms with Crippen molar-refractivity contribution in [3.8, 4) is 0 Å². The molecule has 0 aliphatic carbocycles. The molecule has 1 aliphatic heterocycles. The van der Waals surface area contributed by atoms with Crippen LogP contribution in [0.15, 0.2) is 3.92 Å². The lowest BCUT2D eigenvalue weighted by Crippen LogP contribution is -2.16. The highest BCUT2D eigenvalue weighted by Crippen LogP contribution is 2.24. The van der Waals surface area contributed by atoms with Crippen LogP contribution in [0.5, 0.6) is 0 Å². The van der Waals surface area contributed by atoms with Gasteiger partial charge in [-0.25, -0.2) is 4.98 Å². The van der Waals surface area contributed by atoms with E-state index in [0.717, 1.165) is 29.8 Å². The summed E-state index contributed by atoms with van der Waals surface area (Å²) in [4.78, 5) is 5.85. The van der Waals surface area contributed by atoms with Crippen molar-refractivity contribution < 1.29 is 0 Å². The molecule has 68 valence electrons. The van der Waals surface area contributed by atoms with E-state index >= 15 is 0 Å². The molecule has 1 aliphatic rings. The largest absolute Gasteiger partial charge is 0.316 e. The van der Waals surface area contributed by atoms with Gasteiger partial charge in [0.05, 0.1) is 5.69 Å². The quantitative estimate of drug-likeness (QED) is 0.794. The van der Waals surface area contributed by atoms with Gasteiger partial charge in [0.15, 0.2) is 3.92 Å². The van der Waals surface area contributed by atoms with E-state index < -0.39 is 0 Å². The standard InChI is InChI=1S/C7H9BrN2S.BrH/c8-7-10-5-1-3-9-4-2-6(5)11-7;/h9H,1-4H2;1H. The molecule has 0 fully saturated rings. The number of nitrogens with zero attached hydrogens (tertiary/aromatic N) is 1. The van der Waals surface area contributed by atoms with Crippen LogP contribution in [0.1, 0.15) is 10.6 Å². The van der Waals surface area contributed by atoms with Crippen molar-refractivity contribution in [3.05, 3.63) is 14.5 Å². The number of fused-ring (bicyclic) bond motifs is 1. The highest BCUT2D eigenvalue weighted by Gasteiger charge is 2.11. The molecule has 0 saturated carbocycles. The second-order valence-corrected chi connectivity index (χ2v) is 4.95. The number of halogens is 2. The van der Waals surface area contributed by atoms with Crippen LogP contribution in [-0.4, -0.2) is 18.1 Å². The summed E-state index contributed by atoms with van der Waals surface area (Å²) in [5, 5.41) is 3.35. The third-order valence-electron chi connectivity index (χ3n) is 1.82. The first-order chi connectivity index (χ1) is 5.36. The normalized spacial score (nSPS) is 16.1. The molecular formula is C7H10Br2N2S. The van der Waals surface area contributed by atoms with Gasteiger partial charge in [0, 0.05) is 24.4 Å². The van der Waals surface area contributed by atoms with Gasteiger partial charge in [-0.1, -0.05) is 0 Å². The molecule has 0 saturated heterocycles. The molecule has 2 heterocycles. The van der Waals surface area contributed by atoms with Crippen LogP contribution < -0.4 is 5.32 Å². The second kappa shape index (κ2) is 4.69. The molecule has 1 aromatic heterocycles. The summed E-state index contributed by atoms with van der Waals surface area (Å²) in [6, 6.07) is 0. The topological polar surface area (TPSA) is 24.9 Å². The van der Waals surface area contributed by atoms with Crippen molar-refractivity contribution in [2.45, 2.75) is 12.8 Å². The van der Waals surface area contributed by atoms with Crippen molar-refractivity contribution >= 4 is 44.2 Å². The van der Waals surface area contributed by atoms with Gasteiger partial charge in [0.1, 0.15) is 0 Å². The Balaban J connectivity index is 0.000000720. The van der Waals surface area contributed by atoms with Gasteiger partial charge in [-0.3, -0.25) is 0 Å². The molecule has 0 radical (unpaired) electrons. The number of nitrogens with one attached hydrogen (secondary N) is 1. The van der Waals surface area contributed by atoms with Crippen LogP contribution in [0.25, 0.3) is 0 Å². The van der Waals surface area contributed by atoms with Gasteiger partial charge >= 0.3 is 0 Å². The zero-order chi connectivity index (χ0) is 7.68. The Morgan fingerprint density at radius 3 is 2.92 bits per heavy atom. The third kappa shape index (κ3) is 2.28. The Hall–Kier alpha value is 0.550. The smallest absolute Gasteiger partial charge is 0.159 e. The Morgan fingerprint density at radius 2 is 2.08 bits per heavy atom. The number of rotatable bonds is 0. The van der Waals surface area contributed by atoms with Crippen molar-refractivity contribution in [2.75, 3.05) is 13.1 Å². The van der Waals surface area contributed by atoms with Gasteiger partial charge in [-0.2, -0.15) is 0 Å². The average Bonchev–Trinajstić information content (AvgIpc) is 2.17. The van der Waals surface area contributed by atoms with E-state index in [4.69, 9.17) is 0 Å². The first-order valence-corrected chi connectivity index (χ1v) is 5.32. The maximum Gasteiger partial charge on any atom is 0.159 e. The summed E-state index contributed by atoms with van der Waals surface area (Å²) in [7, 11) is 0. The fourth-order valence-corrected chi connectivity index (χ4v) is 2.91. The minimum atomic E-state index is 0. The van der Waals surface area contributed by atoms with Crippen LogP contribution in [0.2, 0.25) is 0 Å². The van der Waals surface area contributed by atoms with Crippen molar-refractivity contribution in [2.24, 2.45) is 0 Å². The summed E-state index contributed by atoms with van der Waals surface area (Å²) in [5.74, 6) is 0. The molecule has 5 heteroatoms. The average molecular weight is 314 g/mol. The summed E-state index contributed by atoms with van der Waals surface area (Å²) in [5.41, 5.74) is 1.28. The molecule has 0 unspecified atom stereocenters. The van der Waals surface area contributed by atoms with Crippen LogP contribution >= 0.6 is 44.2 Å². The van der Waals surface area contributed by atoms with Gasteiger partial charge in [0.2, 0.25) is 0 Å². The maximum atomic E-state index is 4.41. The van der Waals surface area contributed by atoms with Gasteiger partial charge < -0.3 is 5.32 Å². The molecule has 2 rings (SSSR count). The van der Waals surface area contributed by atoms with Gasteiger partial charge in [-0.15, -0.1) is 28.3 Å². The van der Waals surface area contributed by atoms with E-state index in [9.17, 15) is 0 Å². The summed E-state index contributed by atoms with van der Waals surface area (Å²) >= 11 is 5.17. The molecule has 12 heavy (non-hydrogen) atoms. The fraction of sp³-hybridized carbons (Fsp3) is 0.571. The predicted octanol–water partition coefficient (Wildman–Crippen LogP) is 2.17. The number of thiazole rings is 1. The minimum Gasteiger partial charge on any atom is -0.316 e. The molecule has 0 spiro atoms. The van der Waals surface area contributed by atoms with E-state index in [1.165, 1.54) is 10.6 Å². The molecular weight excluding hydrogens is 304 g/mol. The maximum absolute atomic E-state index is 4.41. The van der Waals surface area contributed by atoms with E-state index in [2.05, 4.69) is 26.2 Å². The van der Waals surface area contributed by atoms with E-state index in [0.29, 0.717) is 0 Å². The SMILES string of the molecule is Br.Brc1nc2c(s1)CCNCC2. The zero-order valence-corrected chi connectivity index (χ0v) is 10.6. The fourth-order valence-electron chi connectivity index (χ4n) is 1.28. The lowest BCUT2D eigenvalue weighted by molar-refractivity contribution is 0.708. The van der Waals surface area contributed by atoms with Gasteiger partial charge in [-0.05, 0) is 22.4 Å². The number of hydrogen-bond acceptors (Lipinski definition) is 3. The molecule has 2 nitrogen and oxygen atoms in total. The van der Waals surface area contributed by atoms with Gasteiger partial charge in [0.25, 0.3) is 0 Å².